The highest BCUT2D eigenvalue weighted by molar-refractivity contribution is 6.30. The number of ketones is 1. The van der Waals surface area contributed by atoms with Gasteiger partial charge in [-0.25, -0.2) is 4.98 Å². The molecule has 2 aromatic carbocycles. The number of aromatic nitrogens is 2. The average Bonchev–Trinajstić information content (AvgIpc) is 2.78. The van der Waals surface area contributed by atoms with Crippen molar-refractivity contribution in [2.75, 3.05) is 5.32 Å². The number of para-hydroxylation sites is 1. The van der Waals surface area contributed by atoms with Crippen molar-refractivity contribution < 1.29 is 9.59 Å². The van der Waals surface area contributed by atoms with Gasteiger partial charge in [0.1, 0.15) is 12.2 Å². The number of carbonyl (C=O) groups excluding carboxylic acids is 2. The molecule has 0 atom stereocenters. The van der Waals surface area contributed by atoms with Crippen LogP contribution < -0.4 is 10.7 Å². The predicted octanol–water partition coefficient (Wildman–Crippen LogP) is 4.84. The zero-order valence-corrected chi connectivity index (χ0v) is 19.2. The second-order valence-corrected chi connectivity index (χ2v) is 8.41. The van der Waals surface area contributed by atoms with E-state index in [1.165, 1.54) is 6.20 Å². The van der Waals surface area contributed by atoms with Crippen LogP contribution in [0, 0.1) is 20.8 Å². The molecule has 2 aromatic heterocycles. The maximum absolute atomic E-state index is 13.1. The lowest BCUT2D eigenvalue weighted by atomic mass is 10.0. The van der Waals surface area contributed by atoms with Gasteiger partial charge in [0, 0.05) is 28.2 Å². The van der Waals surface area contributed by atoms with Crippen molar-refractivity contribution in [2.45, 2.75) is 27.3 Å². The lowest BCUT2D eigenvalue weighted by Gasteiger charge is -2.15. The summed E-state index contributed by atoms with van der Waals surface area (Å²) >= 11 is 5.93. The van der Waals surface area contributed by atoms with E-state index >= 15 is 0 Å². The molecule has 1 N–H and O–H groups in total. The van der Waals surface area contributed by atoms with E-state index in [0.29, 0.717) is 21.9 Å². The Morgan fingerprint density at radius 3 is 2.30 bits per heavy atom. The molecule has 0 aliphatic carbocycles. The van der Waals surface area contributed by atoms with E-state index in [4.69, 9.17) is 11.6 Å². The van der Waals surface area contributed by atoms with Crippen LogP contribution in [-0.2, 0) is 11.3 Å². The van der Waals surface area contributed by atoms with Crippen molar-refractivity contribution in [2.24, 2.45) is 0 Å². The monoisotopic (exact) mass is 459 g/mol. The lowest BCUT2D eigenvalue weighted by molar-refractivity contribution is -0.116. The third-order valence-corrected chi connectivity index (χ3v) is 5.72. The van der Waals surface area contributed by atoms with Gasteiger partial charge in [0.25, 0.3) is 0 Å². The Bertz CT molecular complexity index is 1440. The molecule has 7 heteroatoms. The van der Waals surface area contributed by atoms with E-state index in [1.807, 2.05) is 32.0 Å². The summed E-state index contributed by atoms with van der Waals surface area (Å²) in [4.78, 5) is 43.7. The van der Waals surface area contributed by atoms with E-state index in [2.05, 4.69) is 10.3 Å². The fourth-order valence-corrected chi connectivity index (χ4v) is 3.87. The molecule has 0 bridgehead atoms. The SMILES string of the molecule is Cc1ccc2c(=O)c(C(=O)c3ccc(Cl)cc3)cn(CC(=O)Nc3c(C)cccc3C)c2n1. The van der Waals surface area contributed by atoms with Crippen LogP contribution in [0.3, 0.4) is 0 Å². The number of aryl methyl sites for hydroxylation is 3. The van der Waals surface area contributed by atoms with Gasteiger partial charge in [0.2, 0.25) is 11.3 Å². The third-order valence-electron chi connectivity index (χ3n) is 5.47. The maximum Gasteiger partial charge on any atom is 0.244 e. The highest BCUT2D eigenvalue weighted by atomic mass is 35.5. The molecular weight excluding hydrogens is 438 g/mol. The standard InChI is InChI=1S/C26H22ClN3O3/c1-15-5-4-6-16(2)23(15)29-22(31)14-30-13-21(24(32)18-8-10-19(27)11-9-18)25(33)20-12-7-17(3)28-26(20)30/h4-13H,14H2,1-3H3,(H,29,31). The van der Waals surface area contributed by atoms with Crippen LogP contribution in [0.4, 0.5) is 5.69 Å². The Balaban J connectivity index is 1.78. The number of halogens is 1. The van der Waals surface area contributed by atoms with Crippen molar-refractivity contribution in [3.8, 4) is 0 Å². The van der Waals surface area contributed by atoms with E-state index in [0.717, 1.165) is 16.8 Å². The van der Waals surface area contributed by atoms with Crippen molar-refractivity contribution in [1.82, 2.24) is 9.55 Å². The van der Waals surface area contributed by atoms with Crippen molar-refractivity contribution >= 4 is 40.0 Å². The largest absolute Gasteiger partial charge is 0.324 e. The quantitative estimate of drug-likeness (QED) is 0.433. The molecule has 0 spiro atoms. The number of rotatable bonds is 5. The van der Waals surface area contributed by atoms with Crippen LogP contribution in [0.2, 0.25) is 5.02 Å². The molecule has 6 nitrogen and oxygen atoms in total. The number of nitrogens with one attached hydrogen (secondary N) is 1. The van der Waals surface area contributed by atoms with Gasteiger partial charge in [-0.05, 0) is 68.3 Å². The summed E-state index contributed by atoms with van der Waals surface area (Å²) in [5, 5.41) is 3.71. The van der Waals surface area contributed by atoms with Crippen LogP contribution in [0.15, 0.2) is 65.6 Å². The van der Waals surface area contributed by atoms with Gasteiger partial charge >= 0.3 is 0 Å². The number of amides is 1. The molecule has 2 heterocycles. The molecule has 0 radical (unpaired) electrons. The fourth-order valence-electron chi connectivity index (χ4n) is 3.74. The van der Waals surface area contributed by atoms with Crippen LogP contribution in [0.25, 0.3) is 11.0 Å². The number of benzene rings is 2. The predicted molar refractivity (Wildman–Crippen MR) is 130 cm³/mol. The minimum absolute atomic E-state index is 0.0321. The van der Waals surface area contributed by atoms with E-state index in [1.54, 1.807) is 47.9 Å². The molecule has 166 valence electrons. The fraction of sp³-hybridized carbons (Fsp3) is 0.154. The lowest BCUT2D eigenvalue weighted by Crippen LogP contribution is -2.25. The van der Waals surface area contributed by atoms with Gasteiger partial charge < -0.3 is 9.88 Å². The topological polar surface area (TPSA) is 81.1 Å². The highest BCUT2D eigenvalue weighted by Crippen LogP contribution is 2.20. The van der Waals surface area contributed by atoms with Gasteiger partial charge in [0.15, 0.2) is 5.78 Å². The zero-order valence-electron chi connectivity index (χ0n) is 18.5. The Morgan fingerprint density at radius 2 is 1.64 bits per heavy atom. The number of pyridine rings is 2. The first kappa shape index (κ1) is 22.4. The van der Waals surface area contributed by atoms with Crippen LogP contribution >= 0.6 is 11.6 Å². The Morgan fingerprint density at radius 1 is 0.970 bits per heavy atom. The summed E-state index contributed by atoms with van der Waals surface area (Å²) in [5.74, 6) is -0.728. The summed E-state index contributed by atoms with van der Waals surface area (Å²) in [6, 6.07) is 15.4. The highest BCUT2D eigenvalue weighted by Gasteiger charge is 2.19. The second kappa shape index (κ2) is 9.00. The van der Waals surface area contributed by atoms with Crippen LogP contribution in [0.1, 0.15) is 32.7 Å². The summed E-state index contributed by atoms with van der Waals surface area (Å²) in [6.45, 7) is 5.54. The number of carbonyl (C=O) groups is 2. The molecule has 0 saturated carbocycles. The number of hydrogen-bond donors (Lipinski definition) is 1. The first-order chi connectivity index (χ1) is 15.7. The summed E-state index contributed by atoms with van der Waals surface area (Å²) in [7, 11) is 0. The Hall–Kier alpha value is -3.77. The second-order valence-electron chi connectivity index (χ2n) is 7.97. The van der Waals surface area contributed by atoms with Crippen molar-refractivity contribution in [3.63, 3.8) is 0 Å². The van der Waals surface area contributed by atoms with Crippen molar-refractivity contribution in [3.05, 3.63) is 104 Å². The number of nitrogens with zero attached hydrogens (tertiary/aromatic N) is 2. The molecule has 1 amide bonds. The number of anilines is 1. The molecule has 0 aliphatic heterocycles. The zero-order chi connectivity index (χ0) is 23.7. The van der Waals surface area contributed by atoms with Crippen LogP contribution in [-0.4, -0.2) is 21.2 Å². The summed E-state index contributed by atoms with van der Waals surface area (Å²) in [5.41, 5.74) is 3.56. The minimum atomic E-state index is -0.442. The van der Waals surface area contributed by atoms with Gasteiger partial charge in [-0.15, -0.1) is 0 Å². The molecular formula is C26H22ClN3O3. The first-order valence-corrected chi connectivity index (χ1v) is 10.8. The first-order valence-electron chi connectivity index (χ1n) is 10.4. The van der Waals surface area contributed by atoms with Gasteiger partial charge in [-0.1, -0.05) is 29.8 Å². The van der Waals surface area contributed by atoms with E-state index in [9.17, 15) is 14.4 Å². The minimum Gasteiger partial charge on any atom is -0.324 e. The Labute approximate surface area is 195 Å². The molecule has 0 unspecified atom stereocenters. The normalized spacial score (nSPS) is 10.9. The molecule has 4 rings (SSSR count). The van der Waals surface area contributed by atoms with E-state index < -0.39 is 11.2 Å². The molecule has 0 saturated heterocycles. The Kier molecular flexibility index (Phi) is 6.11. The van der Waals surface area contributed by atoms with Gasteiger partial charge in [-0.2, -0.15) is 0 Å². The van der Waals surface area contributed by atoms with Crippen LogP contribution in [0.5, 0.6) is 0 Å². The summed E-state index contributed by atoms with van der Waals surface area (Å²) in [6.07, 6.45) is 1.42. The number of hydrogen-bond acceptors (Lipinski definition) is 4. The molecule has 33 heavy (non-hydrogen) atoms. The molecule has 4 aromatic rings. The van der Waals surface area contributed by atoms with Crippen molar-refractivity contribution in [1.29, 1.82) is 0 Å². The molecule has 0 aliphatic rings. The summed E-state index contributed by atoms with van der Waals surface area (Å²) < 4.78 is 1.55. The van der Waals surface area contributed by atoms with Gasteiger partial charge in [-0.3, -0.25) is 14.4 Å². The smallest absolute Gasteiger partial charge is 0.244 e. The number of fused-ring (bicyclic) bond motifs is 1. The van der Waals surface area contributed by atoms with Gasteiger partial charge in [0.05, 0.1) is 10.9 Å². The molecule has 0 fully saturated rings. The third kappa shape index (κ3) is 4.56. The maximum atomic E-state index is 13.1. The van der Waals surface area contributed by atoms with E-state index in [-0.39, 0.29) is 23.4 Å². The average molecular weight is 460 g/mol.